The summed E-state index contributed by atoms with van der Waals surface area (Å²) in [7, 11) is 2.11. The van der Waals surface area contributed by atoms with Gasteiger partial charge in [0, 0.05) is 18.6 Å². The number of nitrogens with one attached hydrogen (secondary N) is 1. The van der Waals surface area contributed by atoms with Crippen molar-refractivity contribution in [3.8, 4) is 0 Å². The lowest BCUT2D eigenvalue weighted by atomic mass is 9.89. The smallest absolute Gasteiger partial charge is 0.0590 e. The maximum absolute atomic E-state index is 5.69. The molecule has 3 atom stereocenters. The van der Waals surface area contributed by atoms with Crippen LogP contribution in [-0.4, -0.2) is 25.8 Å². The van der Waals surface area contributed by atoms with Crippen LogP contribution in [0, 0.1) is 5.92 Å². The molecule has 0 aliphatic carbocycles. The zero-order chi connectivity index (χ0) is 13.9. The quantitative estimate of drug-likeness (QED) is 0.556. The Morgan fingerprint density at radius 1 is 1.05 bits per heavy atom. The minimum atomic E-state index is 0.450. The highest BCUT2D eigenvalue weighted by molar-refractivity contribution is 4.83. The molecule has 3 unspecified atom stereocenters. The molecule has 0 amide bonds. The summed E-state index contributed by atoms with van der Waals surface area (Å²) in [5.74, 6) is 0.731. The number of rotatable bonds is 11. The van der Waals surface area contributed by atoms with Crippen LogP contribution in [0.15, 0.2) is 0 Å². The van der Waals surface area contributed by atoms with Crippen LogP contribution >= 0.6 is 0 Å². The van der Waals surface area contributed by atoms with E-state index in [-0.39, 0.29) is 0 Å². The SMILES string of the molecule is CCCCCCCCCCC(NC)C1CCOC1C. The Labute approximate surface area is 120 Å². The minimum Gasteiger partial charge on any atom is -0.378 e. The summed E-state index contributed by atoms with van der Waals surface area (Å²) in [5, 5.41) is 3.51. The van der Waals surface area contributed by atoms with Gasteiger partial charge in [-0.2, -0.15) is 0 Å². The molecule has 1 rings (SSSR count). The molecule has 1 saturated heterocycles. The molecule has 0 saturated carbocycles. The summed E-state index contributed by atoms with van der Waals surface area (Å²) in [6.07, 6.45) is 14.3. The van der Waals surface area contributed by atoms with E-state index in [1.165, 1.54) is 64.2 Å². The van der Waals surface area contributed by atoms with Crippen LogP contribution in [0.1, 0.15) is 78.1 Å². The van der Waals surface area contributed by atoms with Gasteiger partial charge in [0.1, 0.15) is 0 Å². The average Bonchev–Trinajstić information content (AvgIpc) is 2.83. The molecular formula is C17H35NO. The van der Waals surface area contributed by atoms with E-state index in [9.17, 15) is 0 Å². The molecular weight excluding hydrogens is 234 g/mol. The van der Waals surface area contributed by atoms with Crippen molar-refractivity contribution in [2.24, 2.45) is 5.92 Å². The monoisotopic (exact) mass is 269 g/mol. The van der Waals surface area contributed by atoms with Crippen LogP contribution in [-0.2, 0) is 4.74 Å². The number of unbranched alkanes of at least 4 members (excludes halogenated alkanes) is 7. The van der Waals surface area contributed by atoms with Crippen molar-refractivity contribution in [1.29, 1.82) is 0 Å². The van der Waals surface area contributed by atoms with Crippen LogP contribution in [0.5, 0.6) is 0 Å². The van der Waals surface area contributed by atoms with Crippen LogP contribution in [0.3, 0.4) is 0 Å². The van der Waals surface area contributed by atoms with Crippen molar-refractivity contribution in [2.45, 2.75) is 90.2 Å². The van der Waals surface area contributed by atoms with E-state index in [4.69, 9.17) is 4.74 Å². The van der Waals surface area contributed by atoms with Gasteiger partial charge in [-0.25, -0.2) is 0 Å². The van der Waals surface area contributed by atoms with Crippen LogP contribution in [0.25, 0.3) is 0 Å². The van der Waals surface area contributed by atoms with Crippen molar-refractivity contribution in [2.75, 3.05) is 13.7 Å². The Kier molecular flexibility index (Phi) is 9.54. The fourth-order valence-corrected chi connectivity index (χ4v) is 3.35. The fraction of sp³-hybridized carbons (Fsp3) is 1.00. The lowest BCUT2D eigenvalue weighted by Crippen LogP contribution is -2.36. The Bertz CT molecular complexity index is 207. The van der Waals surface area contributed by atoms with Gasteiger partial charge < -0.3 is 10.1 Å². The molecule has 19 heavy (non-hydrogen) atoms. The third-order valence-electron chi connectivity index (χ3n) is 4.69. The van der Waals surface area contributed by atoms with Gasteiger partial charge >= 0.3 is 0 Å². The molecule has 2 nitrogen and oxygen atoms in total. The highest BCUT2D eigenvalue weighted by atomic mass is 16.5. The normalized spacial score (nSPS) is 24.8. The summed E-state index contributed by atoms with van der Waals surface area (Å²) < 4.78 is 5.69. The lowest BCUT2D eigenvalue weighted by molar-refractivity contribution is 0.0949. The molecule has 114 valence electrons. The molecule has 1 aliphatic heterocycles. The summed E-state index contributed by atoms with van der Waals surface area (Å²) in [4.78, 5) is 0. The highest BCUT2D eigenvalue weighted by Gasteiger charge is 2.30. The molecule has 0 aromatic rings. The van der Waals surface area contributed by atoms with Gasteiger partial charge in [-0.1, -0.05) is 58.3 Å². The first-order chi connectivity index (χ1) is 9.29. The Morgan fingerprint density at radius 2 is 1.68 bits per heavy atom. The standard InChI is InChI=1S/C17H35NO/c1-4-5-6-7-8-9-10-11-12-17(18-3)16-13-14-19-15(16)2/h15-18H,4-14H2,1-3H3. The second-order valence-electron chi connectivity index (χ2n) is 6.19. The maximum Gasteiger partial charge on any atom is 0.0590 e. The Morgan fingerprint density at radius 3 is 2.21 bits per heavy atom. The van der Waals surface area contributed by atoms with E-state index < -0.39 is 0 Å². The zero-order valence-corrected chi connectivity index (χ0v) is 13.4. The third-order valence-corrected chi connectivity index (χ3v) is 4.69. The van der Waals surface area contributed by atoms with Crippen LogP contribution < -0.4 is 5.32 Å². The number of hydrogen-bond acceptors (Lipinski definition) is 2. The van der Waals surface area contributed by atoms with Gasteiger partial charge in [-0.05, 0) is 26.8 Å². The average molecular weight is 269 g/mol. The third kappa shape index (κ3) is 6.76. The molecule has 0 aromatic carbocycles. The summed E-state index contributed by atoms with van der Waals surface area (Å²) in [6, 6.07) is 0.664. The predicted octanol–water partition coefficient (Wildman–Crippen LogP) is 4.53. The number of hydrogen-bond donors (Lipinski definition) is 1. The largest absolute Gasteiger partial charge is 0.378 e. The van der Waals surface area contributed by atoms with E-state index in [2.05, 4.69) is 26.2 Å². The Hall–Kier alpha value is -0.0800. The van der Waals surface area contributed by atoms with Gasteiger partial charge in [0.05, 0.1) is 6.10 Å². The van der Waals surface area contributed by atoms with E-state index in [0.29, 0.717) is 12.1 Å². The van der Waals surface area contributed by atoms with E-state index >= 15 is 0 Å². The van der Waals surface area contributed by atoms with E-state index in [1.54, 1.807) is 0 Å². The molecule has 0 bridgehead atoms. The second kappa shape index (κ2) is 10.7. The molecule has 1 heterocycles. The molecule has 2 heteroatoms. The summed E-state index contributed by atoms with van der Waals surface area (Å²) in [5.41, 5.74) is 0. The predicted molar refractivity (Wildman–Crippen MR) is 83.6 cm³/mol. The first-order valence-electron chi connectivity index (χ1n) is 8.58. The lowest BCUT2D eigenvalue weighted by Gasteiger charge is -2.25. The molecule has 0 spiro atoms. The van der Waals surface area contributed by atoms with Crippen molar-refractivity contribution in [3.05, 3.63) is 0 Å². The zero-order valence-electron chi connectivity index (χ0n) is 13.4. The summed E-state index contributed by atoms with van der Waals surface area (Å²) >= 11 is 0. The van der Waals surface area contributed by atoms with Crippen molar-refractivity contribution in [3.63, 3.8) is 0 Å². The molecule has 0 aromatic heterocycles. The molecule has 0 radical (unpaired) electrons. The summed E-state index contributed by atoms with van der Waals surface area (Å²) in [6.45, 7) is 5.47. The molecule has 1 aliphatic rings. The van der Waals surface area contributed by atoms with Crippen LogP contribution in [0.4, 0.5) is 0 Å². The van der Waals surface area contributed by atoms with Gasteiger partial charge in [0.2, 0.25) is 0 Å². The van der Waals surface area contributed by atoms with Crippen molar-refractivity contribution >= 4 is 0 Å². The van der Waals surface area contributed by atoms with Crippen molar-refractivity contribution in [1.82, 2.24) is 5.32 Å². The topological polar surface area (TPSA) is 21.3 Å². The van der Waals surface area contributed by atoms with Crippen LogP contribution in [0.2, 0.25) is 0 Å². The maximum atomic E-state index is 5.69. The first kappa shape index (κ1) is 17.0. The van der Waals surface area contributed by atoms with Gasteiger partial charge in [-0.3, -0.25) is 0 Å². The van der Waals surface area contributed by atoms with Crippen molar-refractivity contribution < 1.29 is 4.74 Å². The van der Waals surface area contributed by atoms with Gasteiger partial charge in [-0.15, -0.1) is 0 Å². The minimum absolute atomic E-state index is 0.450. The van der Waals surface area contributed by atoms with Gasteiger partial charge in [0.25, 0.3) is 0 Å². The molecule has 1 fully saturated rings. The van der Waals surface area contributed by atoms with Gasteiger partial charge in [0.15, 0.2) is 0 Å². The highest BCUT2D eigenvalue weighted by Crippen LogP contribution is 2.26. The fourth-order valence-electron chi connectivity index (χ4n) is 3.35. The second-order valence-corrected chi connectivity index (χ2v) is 6.19. The first-order valence-corrected chi connectivity index (χ1v) is 8.58. The van der Waals surface area contributed by atoms with E-state index in [1.807, 2.05) is 0 Å². The van der Waals surface area contributed by atoms with E-state index in [0.717, 1.165) is 12.5 Å². The number of ether oxygens (including phenoxy) is 1. The molecule has 1 N–H and O–H groups in total. The Balaban J connectivity index is 2.00.